The Kier molecular flexibility index (Phi) is 3.10. The van der Waals surface area contributed by atoms with Gasteiger partial charge >= 0.3 is 0 Å². The smallest absolute Gasteiger partial charge is 0.250 e. The Labute approximate surface area is 130 Å². The van der Waals surface area contributed by atoms with Crippen molar-refractivity contribution >= 4 is 23.2 Å². The van der Waals surface area contributed by atoms with Gasteiger partial charge in [0.15, 0.2) is 0 Å². The van der Waals surface area contributed by atoms with Gasteiger partial charge in [0.1, 0.15) is 5.54 Å². The molecule has 2 heterocycles. The average molecular weight is 299 g/mol. The summed E-state index contributed by atoms with van der Waals surface area (Å²) in [5.74, 6) is 0.558. The van der Waals surface area contributed by atoms with E-state index in [2.05, 4.69) is 10.6 Å². The molecule has 2 N–H and O–H groups in total. The van der Waals surface area contributed by atoms with E-state index in [-0.39, 0.29) is 17.7 Å². The number of amides is 2. The lowest BCUT2D eigenvalue weighted by atomic mass is 9.81. The lowest BCUT2D eigenvalue weighted by Gasteiger charge is -2.45. The maximum absolute atomic E-state index is 12.5. The van der Waals surface area contributed by atoms with E-state index in [1.54, 1.807) is 0 Å². The van der Waals surface area contributed by atoms with E-state index in [4.69, 9.17) is 0 Å². The standard InChI is InChI=1S/C17H21N3O2/c21-15(12-4-3-5-12)20-10-8-17(9-11-20)16(22)18-13-6-1-2-7-14(13)19-17/h1-2,6-7,12,19H,3-5,8-11H2,(H,18,22). The van der Waals surface area contributed by atoms with Gasteiger partial charge in [0, 0.05) is 19.0 Å². The van der Waals surface area contributed by atoms with E-state index in [1.165, 1.54) is 6.42 Å². The Morgan fingerprint density at radius 1 is 1.14 bits per heavy atom. The van der Waals surface area contributed by atoms with Gasteiger partial charge in [-0.3, -0.25) is 9.59 Å². The first kappa shape index (κ1) is 13.6. The quantitative estimate of drug-likeness (QED) is 0.836. The molecule has 0 unspecified atom stereocenters. The van der Waals surface area contributed by atoms with Crippen LogP contribution < -0.4 is 10.6 Å². The first-order valence-corrected chi connectivity index (χ1v) is 8.15. The number of benzene rings is 1. The van der Waals surface area contributed by atoms with Gasteiger partial charge < -0.3 is 15.5 Å². The van der Waals surface area contributed by atoms with Crippen LogP contribution in [0.4, 0.5) is 11.4 Å². The topological polar surface area (TPSA) is 61.4 Å². The average Bonchev–Trinajstić information content (AvgIpc) is 2.47. The van der Waals surface area contributed by atoms with Crippen molar-refractivity contribution in [3.63, 3.8) is 0 Å². The van der Waals surface area contributed by atoms with E-state index in [9.17, 15) is 9.59 Å². The van der Waals surface area contributed by atoms with Crippen molar-refractivity contribution in [1.29, 1.82) is 0 Å². The molecule has 2 amide bonds. The molecule has 1 saturated carbocycles. The molecule has 0 bridgehead atoms. The molecule has 1 aliphatic carbocycles. The third kappa shape index (κ3) is 2.07. The number of para-hydroxylation sites is 2. The fourth-order valence-corrected chi connectivity index (χ4v) is 3.63. The zero-order chi connectivity index (χ0) is 15.2. The molecule has 22 heavy (non-hydrogen) atoms. The zero-order valence-electron chi connectivity index (χ0n) is 12.6. The highest BCUT2D eigenvalue weighted by molar-refractivity contribution is 6.06. The van der Waals surface area contributed by atoms with Crippen LogP contribution in [-0.2, 0) is 9.59 Å². The molecule has 116 valence electrons. The van der Waals surface area contributed by atoms with Gasteiger partial charge in [-0.15, -0.1) is 0 Å². The highest BCUT2D eigenvalue weighted by atomic mass is 16.2. The van der Waals surface area contributed by atoms with Gasteiger partial charge in [-0.05, 0) is 37.8 Å². The maximum Gasteiger partial charge on any atom is 0.250 e. The fraction of sp³-hybridized carbons (Fsp3) is 0.529. The van der Waals surface area contributed by atoms with Crippen LogP contribution >= 0.6 is 0 Å². The number of fused-ring (bicyclic) bond motifs is 1. The van der Waals surface area contributed by atoms with Gasteiger partial charge in [-0.2, -0.15) is 0 Å². The van der Waals surface area contributed by atoms with Crippen molar-refractivity contribution in [2.75, 3.05) is 23.7 Å². The van der Waals surface area contributed by atoms with E-state index in [1.807, 2.05) is 29.2 Å². The Hall–Kier alpha value is -2.04. The Morgan fingerprint density at radius 2 is 1.82 bits per heavy atom. The van der Waals surface area contributed by atoms with Gasteiger partial charge in [0.25, 0.3) is 0 Å². The van der Waals surface area contributed by atoms with Crippen molar-refractivity contribution in [2.24, 2.45) is 5.92 Å². The summed E-state index contributed by atoms with van der Waals surface area (Å²) in [7, 11) is 0. The number of anilines is 2. The Bertz CT molecular complexity index is 616. The SMILES string of the molecule is O=C(C1CCC1)N1CCC2(CC1)Nc1ccccc1NC2=O. The van der Waals surface area contributed by atoms with Gasteiger partial charge in [0.05, 0.1) is 11.4 Å². The van der Waals surface area contributed by atoms with E-state index < -0.39 is 5.54 Å². The molecule has 1 aromatic rings. The predicted octanol–water partition coefficient (Wildman–Crippen LogP) is 2.21. The minimum Gasteiger partial charge on any atom is -0.369 e. The summed E-state index contributed by atoms with van der Waals surface area (Å²) in [6.07, 6.45) is 4.59. The monoisotopic (exact) mass is 299 g/mol. The fourth-order valence-electron chi connectivity index (χ4n) is 3.63. The molecule has 2 aliphatic heterocycles. The molecule has 0 radical (unpaired) electrons. The third-order valence-electron chi connectivity index (χ3n) is 5.37. The number of hydrogen-bond donors (Lipinski definition) is 2. The van der Waals surface area contributed by atoms with Crippen LogP contribution in [0.1, 0.15) is 32.1 Å². The zero-order valence-corrected chi connectivity index (χ0v) is 12.6. The lowest BCUT2D eigenvalue weighted by molar-refractivity contribution is -0.141. The summed E-state index contributed by atoms with van der Waals surface area (Å²) in [5.41, 5.74) is 1.25. The van der Waals surface area contributed by atoms with Crippen LogP contribution in [0.25, 0.3) is 0 Å². The van der Waals surface area contributed by atoms with E-state index >= 15 is 0 Å². The number of carbonyl (C=O) groups is 2. The second-order valence-electron chi connectivity index (χ2n) is 6.66. The van der Waals surface area contributed by atoms with Crippen molar-refractivity contribution in [3.8, 4) is 0 Å². The largest absolute Gasteiger partial charge is 0.369 e. The van der Waals surface area contributed by atoms with Crippen LogP contribution in [0.3, 0.4) is 0 Å². The van der Waals surface area contributed by atoms with Gasteiger partial charge in [-0.1, -0.05) is 18.6 Å². The molecular weight excluding hydrogens is 278 g/mol. The molecular formula is C17H21N3O2. The highest BCUT2D eigenvalue weighted by Gasteiger charge is 2.45. The normalized spacial score (nSPS) is 23.3. The molecule has 1 aromatic carbocycles. The summed E-state index contributed by atoms with van der Waals surface area (Å²) in [4.78, 5) is 26.8. The number of nitrogens with one attached hydrogen (secondary N) is 2. The summed E-state index contributed by atoms with van der Waals surface area (Å²) < 4.78 is 0. The van der Waals surface area contributed by atoms with Gasteiger partial charge in [-0.25, -0.2) is 0 Å². The summed E-state index contributed by atoms with van der Waals surface area (Å²) >= 11 is 0. The first-order chi connectivity index (χ1) is 10.7. The van der Waals surface area contributed by atoms with Crippen LogP contribution in [0, 0.1) is 5.92 Å². The number of piperidine rings is 1. The molecule has 3 aliphatic rings. The number of likely N-dealkylation sites (tertiary alicyclic amines) is 1. The summed E-state index contributed by atoms with van der Waals surface area (Å²) in [6, 6.07) is 7.77. The number of carbonyl (C=O) groups excluding carboxylic acids is 2. The first-order valence-electron chi connectivity index (χ1n) is 8.15. The molecule has 5 nitrogen and oxygen atoms in total. The van der Waals surface area contributed by atoms with E-state index in [0.717, 1.165) is 24.2 Å². The third-order valence-corrected chi connectivity index (χ3v) is 5.37. The second kappa shape index (κ2) is 5.00. The van der Waals surface area contributed by atoms with Crippen LogP contribution in [0.15, 0.2) is 24.3 Å². The molecule has 4 rings (SSSR count). The number of nitrogens with zero attached hydrogens (tertiary/aromatic N) is 1. The number of hydrogen-bond acceptors (Lipinski definition) is 3. The van der Waals surface area contributed by atoms with E-state index in [0.29, 0.717) is 25.9 Å². The Morgan fingerprint density at radius 3 is 2.45 bits per heavy atom. The molecule has 0 atom stereocenters. The van der Waals surface area contributed by atoms with Crippen molar-refractivity contribution in [3.05, 3.63) is 24.3 Å². The van der Waals surface area contributed by atoms with Crippen LogP contribution in [-0.4, -0.2) is 35.3 Å². The molecule has 1 saturated heterocycles. The minimum atomic E-state index is -0.565. The molecule has 5 heteroatoms. The minimum absolute atomic E-state index is 0.0296. The van der Waals surface area contributed by atoms with Crippen molar-refractivity contribution < 1.29 is 9.59 Å². The number of rotatable bonds is 1. The second-order valence-corrected chi connectivity index (χ2v) is 6.66. The molecule has 0 aromatic heterocycles. The Balaban J connectivity index is 1.48. The van der Waals surface area contributed by atoms with Crippen LogP contribution in [0.2, 0.25) is 0 Å². The van der Waals surface area contributed by atoms with Gasteiger partial charge in [0.2, 0.25) is 11.8 Å². The van der Waals surface area contributed by atoms with Crippen molar-refractivity contribution in [2.45, 2.75) is 37.6 Å². The predicted molar refractivity (Wildman–Crippen MR) is 84.6 cm³/mol. The lowest BCUT2D eigenvalue weighted by Crippen LogP contribution is -2.59. The highest BCUT2D eigenvalue weighted by Crippen LogP contribution is 2.37. The maximum atomic E-state index is 12.5. The summed E-state index contributed by atoms with van der Waals surface area (Å²) in [5, 5.41) is 6.43. The molecule has 1 spiro atoms. The van der Waals surface area contributed by atoms with Crippen molar-refractivity contribution in [1.82, 2.24) is 4.90 Å². The summed E-state index contributed by atoms with van der Waals surface area (Å²) in [6.45, 7) is 1.33. The molecule has 2 fully saturated rings. The van der Waals surface area contributed by atoms with Crippen LogP contribution in [0.5, 0.6) is 0 Å².